The van der Waals surface area contributed by atoms with Crippen LogP contribution in [0.5, 0.6) is 5.75 Å². The second-order valence-electron chi connectivity index (χ2n) is 4.30. The van der Waals surface area contributed by atoms with Crippen molar-refractivity contribution in [3.63, 3.8) is 0 Å². The highest BCUT2D eigenvalue weighted by molar-refractivity contribution is 5.97. The van der Waals surface area contributed by atoms with Crippen molar-refractivity contribution in [3.8, 4) is 5.75 Å². The summed E-state index contributed by atoms with van der Waals surface area (Å²) >= 11 is 0. The molecule has 0 fully saturated rings. The molecule has 0 bridgehead atoms. The van der Waals surface area contributed by atoms with Gasteiger partial charge in [-0.1, -0.05) is 0 Å². The number of ether oxygens (including phenoxy) is 3. The summed E-state index contributed by atoms with van der Waals surface area (Å²) in [6.45, 7) is 2.31. The smallest absolute Gasteiger partial charge is 0.262 e. The highest BCUT2D eigenvalue weighted by atomic mass is 16.5. The third kappa shape index (κ3) is 3.75. The Bertz CT molecular complexity index is 479. The molecule has 0 saturated carbocycles. The fraction of sp³-hybridized carbons (Fsp3) is 0.462. The fourth-order valence-corrected chi connectivity index (χ4v) is 1.80. The minimum absolute atomic E-state index is 0.0204. The van der Waals surface area contributed by atoms with Crippen LogP contribution in [-0.2, 0) is 14.3 Å². The number of hydrogen-bond acceptors (Lipinski definition) is 6. The van der Waals surface area contributed by atoms with E-state index in [9.17, 15) is 4.79 Å². The van der Waals surface area contributed by atoms with Gasteiger partial charge in [0.05, 0.1) is 36.9 Å². The van der Waals surface area contributed by atoms with Crippen LogP contribution in [0.4, 0.5) is 17.1 Å². The Morgan fingerprint density at radius 3 is 3.05 bits per heavy atom. The summed E-state index contributed by atoms with van der Waals surface area (Å²) in [6.07, 6.45) is 0. The summed E-state index contributed by atoms with van der Waals surface area (Å²) < 4.78 is 15.5. The van der Waals surface area contributed by atoms with Gasteiger partial charge in [-0.05, 0) is 6.07 Å². The van der Waals surface area contributed by atoms with Crippen molar-refractivity contribution in [1.82, 2.24) is 0 Å². The van der Waals surface area contributed by atoms with Crippen LogP contribution in [-0.4, -0.2) is 46.0 Å². The molecule has 4 N–H and O–H groups in total. The van der Waals surface area contributed by atoms with E-state index >= 15 is 0 Å². The van der Waals surface area contributed by atoms with E-state index in [1.807, 2.05) is 0 Å². The number of methoxy groups -OCH3 is 1. The van der Waals surface area contributed by atoms with E-state index in [-0.39, 0.29) is 12.5 Å². The molecule has 110 valence electrons. The maximum Gasteiger partial charge on any atom is 0.262 e. The summed E-state index contributed by atoms with van der Waals surface area (Å²) in [5.74, 6) is 0.417. The zero-order valence-corrected chi connectivity index (χ0v) is 11.4. The van der Waals surface area contributed by atoms with Crippen LogP contribution in [0.2, 0.25) is 0 Å². The number of nitrogen functional groups attached to an aromatic ring is 1. The molecule has 1 aliphatic heterocycles. The third-order valence-electron chi connectivity index (χ3n) is 2.78. The van der Waals surface area contributed by atoms with E-state index in [2.05, 4.69) is 10.6 Å². The molecule has 7 heteroatoms. The van der Waals surface area contributed by atoms with Gasteiger partial charge in [0.1, 0.15) is 5.75 Å². The Kier molecular flexibility index (Phi) is 5.03. The van der Waals surface area contributed by atoms with Gasteiger partial charge in [0.2, 0.25) is 0 Å². The predicted octanol–water partition coefficient (Wildman–Crippen LogP) is 0.675. The lowest BCUT2D eigenvalue weighted by molar-refractivity contribution is -0.118. The molecule has 0 aliphatic carbocycles. The van der Waals surface area contributed by atoms with Crippen LogP contribution >= 0.6 is 0 Å². The molecule has 7 nitrogen and oxygen atoms in total. The lowest BCUT2D eigenvalue weighted by atomic mass is 10.2. The Balaban J connectivity index is 1.88. The van der Waals surface area contributed by atoms with E-state index < -0.39 is 0 Å². The highest BCUT2D eigenvalue weighted by Crippen LogP contribution is 2.34. The molecule has 20 heavy (non-hydrogen) atoms. The van der Waals surface area contributed by atoms with Gasteiger partial charge >= 0.3 is 0 Å². The normalized spacial score (nSPS) is 13.3. The van der Waals surface area contributed by atoms with Gasteiger partial charge in [0, 0.05) is 19.7 Å². The fourth-order valence-electron chi connectivity index (χ4n) is 1.80. The molecule has 1 amide bonds. The maximum atomic E-state index is 11.3. The van der Waals surface area contributed by atoms with Crippen LogP contribution in [0.25, 0.3) is 0 Å². The Hall–Kier alpha value is -1.99. The summed E-state index contributed by atoms with van der Waals surface area (Å²) in [6, 6.07) is 3.46. The van der Waals surface area contributed by atoms with Crippen LogP contribution in [0, 0.1) is 0 Å². The van der Waals surface area contributed by atoms with Gasteiger partial charge in [0.15, 0.2) is 6.61 Å². The standard InChI is InChI=1S/C13H19N3O4/c1-18-4-5-19-3-2-15-10-7-11-12(6-9(10)14)20-8-13(17)16-11/h6-7,15H,2-5,8,14H2,1H3,(H,16,17). The van der Waals surface area contributed by atoms with Crippen LogP contribution < -0.4 is 21.1 Å². The molecule has 0 radical (unpaired) electrons. The van der Waals surface area contributed by atoms with Gasteiger partial charge in [-0.15, -0.1) is 0 Å². The lowest BCUT2D eigenvalue weighted by Crippen LogP contribution is -2.25. The first kappa shape index (κ1) is 14.4. The average Bonchev–Trinajstić information content (AvgIpc) is 2.43. The Morgan fingerprint density at radius 1 is 1.40 bits per heavy atom. The van der Waals surface area contributed by atoms with Crippen molar-refractivity contribution in [2.24, 2.45) is 0 Å². The van der Waals surface area contributed by atoms with Gasteiger partial charge < -0.3 is 30.6 Å². The summed E-state index contributed by atoms with van der Waals surface area (Å²) in [5.41, 5.74) is 7.86. The number of anilines is 3. The number of amides is 1. The predicted molar refractivity (Wildman–Crippen MR) is 76.2 cm³/mol. The summed E-state index contributed by atoms with van der Waals surface area (Å²) in [4.78, 5) is 11.3. The van der Waals surface area contributed by atoms with Crippen molar-refractivity contribution in [1.29, 1.82) is 0 Å². The van der Waals surface area contributed by atoms with Crippen LogP contribution in [0.1, 0.15) is 0 Å². The molecule has 1 aromatic rings. The van der Waals surface area contributed by atoms with Gasteiger partial charge in [-0.3, -0.25) is 4.79 Å². The number of rotatable bonds is 7. The molecule has 0 saturated heterocycles. The molecule has 0 unspecified atom stereocenters. The third-order valence-corrected chi connectivity index (χ3v) is 2.78. The van der Waals surface area contributed by atoms with E-state index in [4.69, 9.17) is 19.9 Å². The number of hydrogen-bond donors (Lipinski definition) is 3. The number of carbonyl (C=O) groups excluding carboxylic acids is 1. The number of nitrogens with one attached hydrogen (secondary N) is 2. The minimum Gasteiger partial charge on any atom is -0.482 e. The molecule has 0 atom stereocenters. The zero-order valence-electron chi connectivity index (χ0n) is 11.4. The molecule has 1 heterocycles. The monoisotopic (exact) mass is 281 g/mol. The average molecular weight is 281 g/mol. The molecule has 0 spiro atoms. The van der Waals surface area contributed by atoms with E-state index in [1.54, 1.807) is 19.2 Å². The minimum atomic E-state index is -0.170. The van der Waals surface area contributed by atoms with Gasteiger partial charge in [-0.25, -0.2) is 0 Å². The first-order valence-electron chi connectivity index (χ1n) is 6.37. The number of benzene rings is 1. The van der Waals surface area contributed by atoms with Crippen molar-refractivity contribution >= 4 is 23.0 Å². The molecular weight excluding hydrogens is 262 g/mol. The van der Waals surface area contributed by atoms with Crippen LogP contribution in [0.15, 0.2) is 12.1 Å². The molecular formula is C13H19N3O4. The largest absolute Gasteiger partial charge is 0.482 e. The molecule has 1 aromatic carbocycles. The van der Waals surface area contributed by atoms with Crippen molar-refractivity contribution in [2.45, 2.75) is 0 Å². The van der Waals surface area contributed by atoms with E-state index in [0.29, 0.717) is 43.5 Å². The van der Waals surface area contributed by atoms with Crippen molar-refractivity contribution in [3.05, 3.63) is 12.1 Å². The first-order valence-corrected chi connectivity index (χ1v) is 6.37. The second kappa shape index (κ2) is 6.97. The van der Waals surface area contributed by atoms with Gasteiger partial charge in [0.25, 0.3) is 5.91 Å². The lowest BCUT2D eigenvalue weighted by Gasteiger charge is -2.20. The molecule has 2 rings (SSSR count). The zero-order chi connectivity index (χ0) is 14.4. The Morgan fingerprint density at radius 2 is 2.25 bits per heavy atom. The van der Waals surface area contributed by atoms with E-state index in [0.717, 1.165) is 5.69 Å². The topological polar surface area (TPSA) is 94.8 Å². The quantitative estimate of drug-likeness (QED) is 0.502. The first-order chi connectivity index (χ1) is 9.70. The highest BCUT2D eigenvalue weighted by Gasteiger charge is 2.17. The summed E-state index contributed by atoms with van der Waals surface area (Å²) in [5, 5.41) is 5.90. The van der Waals surface area contributed by atoms with Crippen molar-refractivity contribution in [2.75, 3.05) is 56.4 Å². The van der Waals surface area contributed by atoms with Crippen molar-refractivity contribution < 1.29 is 19.0 Å². The summed E-state index contributed by atoms with van der Waals surface area (Å²) in [7, 11) is 1.63. The van der Waals surface area contributed by atoms with Gasteiger partial charge in [-0.2, -0.15) is 0 Å². The Labute approximate surface area is 117 Å². The SMILES string of the molecule is COCCOCCNc1cc2c(cc1N)OCC(=O)N2. The maximum absolute atomic E-state index is 11.3. The molecule has 0 aromatic heterocycles. The second-order valence-corrected chi connectivity index (χ2v) is 4.30. The number of carbonyl (C=O) groups is 1. The number of nitrogens with two attached hydrogens (primary N) is 1. The number of fused-ring (bicyclic) bond motifs is 1. The van der Waals surface area contributed by atoms with Crippen LogP contribution in [0.3, 0.4) is 0 Å². The molecule has 1 aliphatic rings. The van der Waals surface area contributed by atoms with E-state index in [1.165, 1.54) is 0 Å².